The van der Waals surface area contributed by atoms with Crippen molar-refractivity contribution in [3.63, 3.8) is 0 Å². The van der Waals surface area contributed by atoms with Gasteiger partial charge in [0.15, 0.2) is 0 Å². The zero-order chi connectivity index (χ0) is 24.0. The molecule has 1 saturated heterocycles. The molecule has 1 heterocycles. The third-order valence-corrected chi connectivity index (χ3v) is 9.37. The fourth-order valence-corrected chi connectivity index (χ4v) is 8.22. The van der Waals surface area contributed by atoms with E-state index < -0.39 is 0 Å². The summed E-state index contributed by atoms with van der Waals surface area (Å²) in [5.74, 6) is 2.58. The molecular formula is C30H36N2O3. The van der Waals surface area contributed by atoms with Crippen molar-refractivity contribution in [2.24, 2.45) is 17.3 Å². The zero-order valence-corrected chi connectivity index (χ0v) is 20.7. The van der Waals surface area contributed by atoms with Crippen LogP contribution in [0, 0.1) is 17.3 Å². The van der Waals surface area contributed by atoms with Crippen LogP contribution < -0.4 is 10.1 Å². The van der Waals surface area contributed by atoms with E-state index >= 15 is 0 Å². The molecular weight excluding hydrogens is 436 g/mol. The summed E-state index contributed by atoms with van der Waals surface area (Å²) in [5, 5.41) is 3.18. The SMILES string of the molecule is COc1ccc(C23CC4CC(CC(C(=O)N5CCC(NC(=O)c6ccccc6)CC5)(C4)C2)C3)cc1. The van der Waals surface area contributed by atoms with Gasteiger partial charge in [0.05, 0.1) is 12.5 Å². The molecule has 4 saturated carbocycles. The van der Waals surface area contributed by atoms with Gasteiger partial charge in [0.2, 0.25) is 5.91 Å². The minimum Gasteiger partial charge on any atom is -0.497 e. The Hall–Kier alpha value is -2.82. The number of rotatable bonds is 5. The van der Waals surface area contributed by atoms with Crippen LogP contribution in [-0.2, 0) is 10.2 Å². The average molecular weight is 473 g/mol. The van der Waals surface area contributed by atoms with Crippen molar-refractivity contribution < 1.29 is 14.3 Å². The van der Waals surface area contributed by atoms with Crippen LogP contribution in [0.5, 0.6) is 5.75 Å². The lowest BCUT2D eigenvalue weighted by atomic mass is 9.42. The molecule has 7 rings (SSSR count). The van der Waals surface area contributed by atoms with Gasteiger partial charge in [0, 0.05) is 24.7 Å². The number of amides is 2. The summed E-state index contributed by atoms with van der Waals surface area (Å²) < 4.78 is 5.40. The van der Waals surface area contributed by atoms with Gasteiger partial charge >= 0.3 is 0 Å². The average Bonchev–Trinajstić information content (AvgIpc) is 2.88. The second kappa shape index (κ2) is 8.69. The number of carbonyl (C=O) groups is 2. The number of carbonyl (C=O) groups excluding carboxylic acids is 2. The Morgan fingerprint density at radius 2 is 1.57 bits per heavy atom. The second-order valence-corrected chi connectivity index (χ2v) is 11.7. The van der Waals surface area contributed by atoms with Gasteiger partial charge < -0.3 is 15.0 Å². The molecule has 1 N–H and O–H groups in total. The van der Waals surface area contributed by atoms with Gasteiger partial charge in [-0.1, -0.05) is 30.3 Å². The number of benzene rings is 2. The maximum Gasteiger partial charge on any atom is 0.251 e. The molecule has 2 atom stereocenters. The maximum absolute atomic E-state index is 14.1. The molecule has 2 amide bonds. The second-order valence-electron chi connectivity index (χ2n) is 11.7. The maximum atomic E-state index is 14.1. The predicted molar refractivity (Wildman–Crippen MR) is 135 cm³/mol. The van der Waals surface area contributed by atoms with Crippen molar-refractivity contribution in [1.29, 1.82) is 0 Å². The number of nitrogens with zero attached hydrogens (tertiary/aromatic N) is 1. The van der Waals surface area contributed by atoms with Crippen LogP contribution in [0.3, 0.4) is 0 Å². The monoisotopic (exact) mass is 472 g/mol. The molecule has 4 aliphatic carbocycles. The third kappa shape index (κ3) is 4.03. The Labute approximate surface area is 208 Å². The van der Waals surface area contributed by atoms with Crippen molar-refractivity contribution in [3.05, 3.63) is 65.7 Å². The molecule has 0 aromatic heterocycles. The standard InChI is InChI=1S/C30H36N2O3/c1-35-26-9-7-24(8-10-26)29-16-21-15-22(17-29)19-30(18-21,20-29)28(34)32-13-11-25(12-14-32)31-27(33)23-5-3-2-4-6-23/h2-10,21-22,25H,11-20H2,1H3,(H,31,33). The lowest BCUT2D eigenvalue weighted by molar-refractivity contribution is -0.161. The molecule has 5 aliphatic rings. The number of hydrogen-bond acceptors (Lipinski definition) is 3. The van der Waals surface area contributed by atoms with Crippen molar-refractivity contribution in [2.75, 3.05) is 20.2 Å². The molecule has 5 nitrogen and oxygen atoms in total. The lowest BCUT2D eigenvalue weighted by Gasteiger charge is -2.62. The van der Waals surface area contributed by atoms with E-state index in [0.29, 0.717) is 23.3 Å². The molecule has 1 aliphatic heterocycles. The summed E-state index contributed by atoms with van der Waals surface area (Å²) in [6.07, 6.45) is 8.50. The summed E-state index contributed by atoms with van der Waals surface area (Å²) in [5.41, 5.74) is 2.02. The highest BCUT2D eigenvalue weighted by molar-refractivity contribution is 5.94. The number of methoxy groups -OCH3 is 1. The van der Waals surface area contributed by atoms with Crippen LogP contribution in [0.2, 0.25) is 0 Å². The van der Waals surface area contributed by atoms with Crippen LogP contribution in [0.1, 0.15) is 67.3 Å². The van der Waals surface area contributed by atoms with E-state index in [2.05, 4.69) is 34.5 Å². The normalized spacial score (nSPS) is 31.9. The van der Waals surface area contributed by atoms with Crippen LogP contribution >= 0.6 is 0 Å². The van der Waals surface area contributed by atoms with Crippen LogP contribution in [0.4, 0.5) is 0 Å². The molecule has 184 valence electrons. The quantitative estimate of drug-likeness (QED) is 0.670. The zero-order valence-electron chi connectivity index (χ0n) is 20.7. The van der Waals surface area contributed by atoms with Crippen LogP contribution in [0.25, 0.3) is 0 Å². The summed E-state index contributed by atoms with van der Waals surface area (Å²) in [7, 11) is 1.71. The highest BCUT2D eigenvalue weighted by atomic mass is 16.5. The van der Waals surface area contributed by atoms with Gasteiger partial charge in [-0.2, -0.15) is 0 Å². The fourth-order valence-electron chi connectivity index (χ4n) is 8.22. The summed E-state index contributed by atoms with van der Waals surface area (Å²) in [6.45, 7) is 1.48. The number of nitrogens with one attached hydrogen (secondary N) is 1. The lowest BCUT2D eigenvalue weighted by Crippen LogP contribution is -2.60. The molecule has 5 heteroatoms. The van der Waals surface area contributed by atoms with Crippen molar-refractivity contribution in [2.45, 2.75) is 62.8 Å². The van der Waals surface area contributed by atoms with Gasteiger partial charge in [-0.05, 0) is 98.4 Å². The number of ether oxygens (including phenoxy) is 1. The van der Waals surface area contributed by atoms with Crippen molar-refractivity contribution in [3.8, 4) is 5.75 Å². The largest absolute Gasteiger partial charge is 0.497 e. The first-order chi connectivity index (χ1) is 17.0. The first-order valence-corrected chi connectivity index (χ1v) is 13.3. The molecule has 4 bridgehead atoms. The first kappa shape index (κ1) is 22.6. The third-order valence-electron chi connectivity index (χ3n) is 9.37. The molecule has 5 fully saturated rings. The predicted octanol–water partition coefficient (Wildman–Crippen LogP) is 4.95. The molecule has 0 radical (unpaired) electrons. The highest BCUT2D eigenvalue weighted by Crippen LogP contribution is 2.66. The van der Waals surface area contributed by atoms with Crippen LogP contribution in [-0.4, -0.2) is 43.0 Å². The van der Waals surface area contributed by atoms with Gasteiger partial charge in [0.25, 0.3) is 5.91 Å². The van der Waals surface area contributed by atoms with Gasteiger partial charge in [-0.15, -0.1) is 0 Å². The minimum absolute atomic E-state index is 0.0158. The topological polar surface area (TPSA) is 58.6 Å². The van der Waals surface area contributed by atoms with E-state index in [9.17, 15) is 9.59 Å². The molecule has 2 unspecified atom stereocenters. The summed E-state index contributed by atoms with van der Waals surface area (Å²) >= 11 is 0. The van der Waals surface area contributed by atoms with E-state index in [1.54, 1.807) is 7.11 Å². The first-order valence-electron chi connectivity index (χ1n) is 13.3. The highest BCUT2D eigenvalue weighted by Gasteiger charge is 2.61. The smallest absolute Gasteiger partial charge is 0.251 e. The fraction of sp³-hybridized carbons (Fsp3) is 0.533. The number of piperidine rings is 1. The van der Waals surface area contributed by atoms with Crippen LogP contribution in [0.15, 0.2) is 54.6 Å². The minimum atomic E-state index is -0.204. The Balaban J connectivity index is 1.14. The summed E-state index contributed by atoms with van der Waals surface area (Å²) in [4.78, 5) is 28.8. The van der Waals surface area contributed by atoms with E-state index in [0.717, 1.165) is 50.9 Å². The van der Waals surface area contributed by atoms with E-state index in [1.165, 1.54) is 24.8 Å². The molecule has 0 spiro atoms. The summed E-state index contributed by atoms with van der Waals surface area (Å²) in [6, 6.07) is 18.2. The van der Waals surface area contributed by atoms with Crippen molar-refractivity contribution in [1.82, 2.24) is 10.2 Å². The van der Waals surface area contributed by atoms with E-state index in [4.69, 9.17) is 4.74 Å². The van der Waals surface area contributed by atoms with E-state index in [1.807, 2.05) is 30.3 Å². The molecule has 2 aromatic carbocycles. The Kier molecular flexibility index (Phi) is 5.62. The van der Waals surface area contributed by atoms with Gasteiger partial charge in [-0.25, -0.2) is 0 Å². The Bertz CT molecular complexity index is 1070. The van der Waals surface area contributed by atoms with Gasteiger partial charge in [0.1, 0.15) is 5.75 Å². The number of hydrogen-bond donors (Lipinski definition) is 1. The molecule has 2 aromatic rings. The van der Waals surface area contributed by atoms with E-state index in [-0.39, 0.29) is 22.8 Å². The number of likely N-dealkylation sites (tertiary alicyclic amines) is 1. The van der Waals surface area contributed by atoms with Crippen molar-refractivity contribution >= 4 is 11.8 Å². The molecule has 35 heavy (non-hydrogen) atoms. The Morgan fingerprint density at radius 3 is 2.20 bits per heavy atom. The Morgan fingerprint density at radius 1 is 0.914 bits per heavy atom. The van der Waals surface area contributed by atoms with Gasteiger partial charge in [-0.3, -0.25) is 9.59 Å².